The van der Waals surface area contributed by atoms with Crippen LogP contribution in [0.1, 0.15) is 27.7 Å². The fourth-order valence-corrected chi connectivity index (χ4v) is 5.46. The molecule has 0 saturated carbocycles. The number of halogens is 2. The van der Waals surface area contributed by atoms with E-state index < -0.39 is 5.91 Å². The van der Waals surface area contributed by atoms with Crippen LogP contribution in [0, 0.1) is 6.92 Å². The number of fused-ring (bicyclic) bond motifs is 1. The molecule has 1 amide bonds. The van der Waals surface area contributed by atoms with Crippen molar-refractivity contribution >= 4 is 62.2 Å². The number of nitrogens with zero attached hydrogens (tertiary/aromatic N) is 2. The van der Waals surface area contributed by atoms with Gasteiger partial charge in [-0.2, -0.15) is 0 Å². The van der Waals surface area contributed by atoms with E-state index in [9.17, 15) is 4.79 Å². The van der Waals surface area contributed by atoms with E-state index in [1.165, 1.54) is 11.3 Å². The summed E-state index contributed by atoms with van der Waals surface area (Å²) < 4.78 is 11.6. The molecule has 6 nitrogen and oxygen atoms in total. The molecule has 0 spiro atoms. The molecule has 0 fully saturated rings. The standard InChI is InChI=1S/C29H23Cl2N3O3S/c1-4-24-25(20-12-11-18(30)15-22(20)31)33-29(38-24)34-27(35)21-14-17-8-6-10-23(36-3)26(17)37-28(21)32-19-9-5-7-16(2)13-19/h5-15H,4H2,1-3H3,(H,33,34,35). The van der Waals surface area contributed by atoms with E-state index in [4.69, 9.17) is 37.3 Å². The number of carbonyl (C=O) groups excluding carboxylic acids is 1. The number of thiazole rings is 1. The molecule has 2 aromatic heterocycles. The normalized spacial score (nSPS) is 11.7. The summed E-state index contributed by atoms with van der Waals surface area (Å²) in [5.41, 5.74) is 4.11. The van der Waals surface area contributed by atoms with Gasteiger partial charge >= 0.3 is 0 Å². The summed E-state index contributed by atoms with van der Waals surface area (Å²) in [6.45, 7) is 4.01. The molecule has 192 valence electrons. The first kappa shape index (κ1) is 26.0. The third-order valence-corrected chi connectivity index (χ3v) is 7.52. The van der Waals surface area contributed by atoms with E-state index in [0.29, 0.717) is 43.3 Å². The molecular weight excluding hydrogens is 541 g/mol. The van der Waals surface area contributed by atoms with Crippen LogP contribution in [0.2, 0.25) is 10.0 Å². The largest absolute Gasteiger partial charge is 0.493 e. The third kappa shape index (κ3) is 5.31. The van der Waals surface area contributed by atoms with Crippen LogP contribution in [-0.2, 0) is 6.42 Å². The maximum absolute atomic E-state index is 13.6. The van der Waals surface area contributed by atoms with Crippen molar-refractivity contribution in [1.29, 1.82) is 0 Å². The molecule has 0 aliphatic rings. The van der Waals surface area contributed by atoms with Gasteiger partial charge in [0.15, 0.2) is 16.5 Å². The van der Waals surface area contributed by atoms with Crippen LogP contribution in [0.5, 0.6) is 5.75 Å². The van der Waals surface area contributed by atoms with Gasteiger partial charge in [0.05, 0.1) is 23.5 Å². The lowest BCUT2D eigenvalue weighted by Crippen LogP contribution is -2.21. The highest BCUT2D eigenvalue weighted by molar-refractivity contribution is 7.16. The topological polar surface area (TPSA) is 76.7 Å². The summed E-state index contributed by atoms with van der Waals surface area (Å²) in [5, 5.41) is 5.13. The summed E-state index contributed by atoms with van der Waals surface area (Å²) in [6.07, 6.45) is 0.723. The second kappa shape index (κ2) is 11.0. The highest BCUT2D eigenvalue weighted by Gasteiger charge is 2.19. The van der Waals surface area contributed by atoms with Crippen LogP contribution in [0.4, 0.5) is 10.8 Å². The first-order chi connectivity index (χ1) is 18.4. The number of amides is 1. The quantitative estimate of drug-likeness (QED) is 0.225. The lowest BCUT2D eigenvalue weighted by molar-refractivity contribution is 0.102. The Kier molecular flexibility index (Phi) is 7.51. The summed E-state index contributed by atoms with van der Waals surface area (Å²) >= 11 is 13.9. The minimum absolute atomic E-state index is 0.165. The zero-order valence-corrected chi connectivity index (χ0v) is 23.2. The molecule has 9 heteroatoms. The molecule has 0 aliphatic heterocycles. The Morgan fingerprint density at radius 3 is 2.66 bits per heavy atom. The van der Waals surface area contributed by atoms with Crippen LogP contribution in [0.25, 0.3) is 22.2 Å². The van der Waals surface area contributed by atoms with Gasteiger partial charge in [-0.3, -0.25) is 10.1 Å². The van der Waals surface area contributed by atoms with E-state index in [2.05, 4.69) is 10.3 Å². The number of nitrogens with one attached hydrogen (secondary N) is 1. The zero-order chi connectivity index (χ0) is 26.8. The number of hydrogen-bond acceptors (Lipinski definition) is 6. The van der Waals surface area contributed by atoms with Gasteiger partial charge in [0.25, 0.3) is 5.91 Å². The molecule has 0 saturated heterocycles. The maximum Gasteiger partial charge on any atom is 0.262 e. The monoisotopic (exact) mass is 563 g/mol. The first-order valence-corrected chi connectivity index (χ1v) is 13.4. The Labute approximate surface area is 233 Å². The van der Waals surface area contributed by atoms with Crippen molar-refractivity contribution in [3.63, 3.8) is 0 Å². The summed E-state index contributed by atoms with van der Waals surface area (Å²) in [6, 6.07) is 20.2. The molecule has 0 atom stereocenters. The van der Waals surface area contributed by atoms with Gasteiger partial charge in [0.2, 0.25) is 5.55 Å². The van der Waals surface area contributed by atoms with Crippen molar-refractivity contribution in [2.45, 2.75) is 20.3 Å². The molecule has 0 bridgehead atoms. The number of carbonyl (C=O) groups is 1. The fraction of sp³-hybridized carbons (Fsp3) is 0.138. The molecule has 1 N–H and O–H groups in total. The summed E-state index contributed by atoms with van der Waals surface area (Å²) in [4.78, 5) is 24.0. The Bertz CT molecular complexity index is 1740. The van der Waals surface area contributed by atoms with Crippen molar-refractivity contribution in [1.82, 2.24) is 4.98 Å². The van der Waals surface area contributed by atoms with Gasteiger partial charge in [-0.15, -0.1) is 11.3 Å². The number of benzene rings is 3. The summed E-state index contributed by atoms with van der Waals surface area (Å²) in [7, 11) is 1.57. The van der Waals surface area contributed by atoms with Crippen LogP contribution in [0.15, 0.2) is 76.1 Å². The molecule has 2 heterocycles. The van der Waals surface area contributed by atoms with Gasteiger partial charge in [-0.1, -0.05) is 54.4 Å². The van der Waals surface area contributed by atoms with E-state index in [0.717, 1.165) is 22.4 Å². The molecule has 5 rings (SSSR count). The number of ether oxygens (including phenoxy) is 1. The number of rotatable bonds is 6. The Balaban J connectivity index is 1.59. The molecule has 5 aromatic rings. The third-order valence-electron chi connectivity index (χ3n) is 5.86. The predicted molar refractivity (Wildman–Crippen MR) is 154 cm³/mol. The molecule has 0 radical (unpaired) electrons. The number of aryl methyl sites for hydroxylation is 2. The number of aromatic nitrogens is 1. The van der Waals surface area contributed by atoms with Crippen molar-refractivity contribution in [3.8, 4) is 17.0 Å². The average molecular weight is 564 g/mol. The first-order valence-electron chi connectivity index (χ1n) is 11.8. The van der Waals surface area contributed by atoms with E-state index in [1.807, 2.05) is 56.3 Å². The van der Waals surface area contributed by atoms with Crippen molar-refractivity contribution in [2.75, 3.05) is 12.4 Å². The van der Waals surface area contributed by atoms with Crippen LogP contribution >= 0.6 is 34.5 Å². The zero-order valence-electron chi connectivity index (χ0n) is 20.8. The molecule has 3 aromatic carbocycles. The Morgan fingerprint density at radius 2 is 1.92 bits per heavy atom. The molecule has 38 heavy (non-hydrogen) atoms. The van der Waals surface area contributed by atoms with Crippen LogP contribution in [0.3, 0.4) is 0 Å². The second-order valence-electron chi connectivity index (χ2n) is 8.52. The minimum atomic E-state index is -0.393. The lowest BCUT2D eigenvalue weighted by Gasteiger charge is -2.08. The number of para-hydroxylation sites is 1. The highest BCUT2D eigenvalue weighted by atomic mass is 35.5. The molecule has 0 unspecified atom stereocenters. The predicted octanol–water partition coefficient (Wildman–Crippen LogP) is 8.23. The SMILES string of the molecule is CCc1sc(NC(=O)c2cc3cccc(OC)c3oc2=Nc2cccc(C)c2)nc1-c1ccc(Cl)cc1Cl. The average Bonchev–Trinajstić information content (AvgIpc) is 3.30. The van der Waals surface area contributed by atoms with E-state index in [-0.39, 0.29) is 11.1 Å². The van der Waals surface area contributed by atoms with Gasteiger partial charge in [0, 0.05) is 20.8 Å². The minimum Gasteiger partial charge on any atom is -0.493 e. The lowest BCUT2D eigenvalue weighted by atomic mass is 10.1. The fourth-order valence-electron chi connectivity index (χ4n) is 4.05. The van der Waals surface area contributed by atoms with Crippen LogP contribution in [-0.4, -0.2) is 18.0 Å². The second-order valence-corrected chi connectivity index (χ2v) is 10.4. The number of methoxy groups -OCH3 is 1. The summed E-state index contributed by atoms with van der Waals surface area (Å²) in [5.74, 6) is 0.155. The van der Waals surface area contributed by atoms with Crippen molar-refractivity contribution in [2.24, 2.45) is 4.99 Å². The van der Waals surface area contributed by atoms with Crippen molar-refractivity contribution in [3.05, 3.63) is 98.3 Å². The van der Waals surface area contributed by atoms with E-state index in [1.54, 1.807) is 31.4 Å². The number of anilines is 1. The molecular formula is C29H23Cl2N3O3S. The van der Waals surface area contributed by atoms with Gasteiger partial charge in [-0.25, -0.2) is 9.98 Å². The Hall–Kier alpha value is -3.65. The van der Waals surface area contributed by atoms with Gasteiger partial charge in [-0.05, 0) is 61.4 Å². The van der Waals surface area contributed by atoms with Crippen LogP contribution < -0.4 is 15.6 Å². The Morgan fingerprint density at radius 1 is 1.11 bits per heavy atom. The highest BCUT2D eigenvalue weighted by Crippen LogP contribution is 2.36. The van der Waals surface area contributed by atoms with Gasteiger partial charge < -0.3 is 9.15 Å². The maximum atomic E-state index is 13.6. The molecule has 0 aliphatic carbocycles. The van der Waals surface area contributed by atoms with Gasteiger partial charge in [0.1, 0.15) is 5.56 Å². The number of hydrogen-bond donors (Lipinski definition) is 1. The van der Waals surface area contributed by atoms with Crippen molar-refractivity contribution < 1.29 is 13.9 Å². The smallest absolute Gasteiger partial charge is 0.262 e. The van der Waals surface area contributed by atoms with E-state index >= 15 is 0 Å².